The van der Waals surface area contributed by atoms with E-state index in [0.717, 1.165) is 23.3 Å². The maximum atomic E-state index is 12.7. The van der Waals surface area contributed by atoms with Gasteiger partial charge < -0.3 is 21.5 Å². The maximum Gasteiger partial charge on any atom is 0.300 e. The second kappa shape index (κ2) is 11.3. The van der Waals surface area contributed by atoms with E-state index in [1.807, 2.05) is 72.8 Å². The Morgan fingerprint density at radius 3 is 2.17 bits per heavy atom. The first-order chi connectivity index (χ1) is 14.4. The van der Waals surface area contributed by atoms with Crippen molar-refractivity contribution in [1.82, 2.24) is 5.32 Å². The van der Waals surface area contributed by atoms with Gasteiger partial charge in [-0.15, -0.1) is 0 Å². The van der Waals surface area contributed by atoms with E-state index < -0.39 is 12.0 Å². The number of hydrogen-bond acceptors (Lipinski definition) is 4. The number of fused-ring (bicyclic) bond motifs is 1. The van der Waals surface area contributed by atoms with Crippen molar-refractivity contribution in [2.24, 2.45) is 5.73 Å². The van der Waals surface area contributed by atoms with Crippen LogP contribution in [0.15, 0.2) is 72.8 Å². The molecule has 0 saturated carbocycles. The number of nitrogens with one attached hydrogen (secondary N) is 2. The van der Waals surface area contributed by atoms with Crippen molar-refractivity contribution in [2.45, 2.75) is 19.4 Å². The largest absolute Gasteiger partial charge is 0.481 e. The predicted octanol–water partition coefficient (Wildman–Crippen LogP) is 2.56. The van der Waals surface area contributed by atoms with Gasteiger partial charge in [0, 0.05) is 19.0 Å². The molecule has 156 valence electrons. The Balaban J connectivity index is 0.000000735. The minimum absolute atomic E-state index is 0.158. The number of aliphatic carboxylic acids is 1. The molecular weight excluding hydrogens is 382 g/mol. The molecular formula is C23H25N3O4. The molecule has 3 aromatic rings. The zero-order valence-electron chi connectivity index (χ0n) is 16.7. The summed E-state index contributed by atoms with van der Waals surface area (Å²) in [4.78, 5) is 33.5. The average Bonchev–Trinajstić information content (AvgIpc) is 2.73. The topological polar surface area (TPSA) is 122 Å². The van der Waals surface area contributed by atoms with E-state index in [4.69, 9.17) is 15.6 Å². The van der Waals surface area contributed by atoms with Crippen molar-refractivity contribution in [1.29, 1.82) is 0 Å². The number of anilines is 1. The monoisotopic (exact) mass is 407 g/mol. The molecule has 0 aromatic heterocycles. The Labute approximate surface area is 174 Å². The second-order valence-electron chi connectivity index (χ2n) is 6.58. The van der Waals surface area contributed by atoms with Crippen LogP contribution in [0.1, 0.15) is 12.5 Å². The summed E-state index contributed by atoms with van der Waals surface area (Å²) in [6, 6.07) is 22.5. The summed E-state index contributed by atoms with van der Waals surface area (Å²) in [6.45, 7) is 0.925. The van der Waals surface area contributed by atoms with Crippen LogP contribution in [-0.4, -0.2) is 35.5 Å². The van der Waals surface area contributed by atoms with Gasteiger partial charge in [-0.3, -0.25) is 14.4 Å². The number of benzene rings is 3. The molecule has 0 fully saturated rings. The van der Waals surface area contributed by atoms with Gasteiger partial charge >= 0.3 is 0 Å². The molecule has 1 atom stereocenters. The molecule has 3 rings (SSSR count). The highest BCUT2D eigenvalue weighted by molar-refractivity contribution is 5.99. The van der Waals surface area contributed by atoms with E-state index >= 15 is 0 Å². The van der Waals surface area contributed by atoms with Crippen molar-refractivity contribution in [3.63, 3.8) is 0 Å². The number of amides is 2. The quantitative estimate of drug-likeness (QED) is 0.500. The number of rotatable bonds is 6. The minimum atomic E-state index is -0.833. The van der Waals surface area contributed by atoms with Gasteiger partial charge in [0.1, 0.15) is 6.04 Å². The van der Waals surface area contributed by atoms with Crippen molar-refractivity contribution in [3.05, 3.63) is 78.4 Å². The fourth-order valence-electron chi connectivity index (χ4n) is 2.81. The van der Waals surface area contributed by atoms with Gasteiger partial charge in [0.2, 0.25) is 11.8 Å². The van der Waals surface area contributed by atoms with Crippen molar-refractivity contribution < 1.29 is 19.5 Å². The zero-order chi connectivity index (χ0) is 21.9. The first-order valence-electron chi connectivity index (χ1n) is 9.41. The van der Waals surface area contributed by atoms with Crippen LogP contribution in [0.3, 0.4) is 0 Å². The Morgan fingerprint density at radius 1 is 0.933 bits per heavy atom. The molecule has 0 bridgehead atoms. The van der Waals surface area contributed by atoms with Crippen LogP contribution in [0.5, 0.6) is 0 Å². The van der Waals surface area contributed by atoms with E-state index in [1.165, 1.54) is 0 Å². The number of carbonyl (C=O) groups excluding carboxylic acids is 2. The molecule has 5 N–H and O–H groups in total. The van der Waals surface area contributed by atoms with Crippen LogP contribution >= 0.6 is 0 Å². The van der Waals surface area contributed by atoms with Crippen LogP contribution in [0.2, 0.25) is 0 Å². The van der Waals surface area contributed by atoms with E-state index in [2.05, 4.69) is 10.6 Å². The molecule has 0 aliphatic heterocycles. The summed E-state index contributed by atoms with van der Waals surface area (Å²) in [5, 5.41) is 15.1. The standard InChI is InChI=1S/C21H21N3O2.C2H4O2/c22-14-20(25)24-19(12-15-6-2-1-3-7-15)21(26)23-18-11-10-16-8-4-5-9-17(16)13-18;1-2(3)4/h1-11,13,19H,12,14,22H2,(H,23,26)(H,24,25);1H3,(H,3,4)/t19-;/m0./s1. The van der Waals surface area contributed by atoms with Crippen LogP contribution in [0.25, 0.3) is 10.8 Å². The molecule has 7 heteroatoms. The highest BCUT2D eigenvalue weighted by Crippen LogP contribution is 2.19. The number of nitrogens with two attached hydrogens (primary N) is 1. The fourth-order valence-corrected chi connectivity index (χ4v) is 2.81. The third kappa shape index (κ3) is 7.37. The normalized spacial score (nSPS) is 11.0. The Morgan fingerprint density at radius 2 is 1.53 bits per heavy atom. The predicted molar refractivity (Wildman–Crippen MR) is 117 cm³/mol. The van der Waals surface area contributed by atoms with Crippen molar-refractivity contribution in [2.75, 3.05) is 11.9 Å². The molecule has 3 aromatic carbocycles. The number of carboxylic acid groups (broad SMARTS) is 1. The second-order valence-corrected chi connectivity index (χ2v) is 6.58. The van der Waals surface area contributed by atoms with Gasteiger partial charge in [-0.2, -0.15) is 0 Å². The van der Waals surface area contributed by atoms with Crippen molar-refractivity contribution >= 4 is 34.2 Å². The summed E-state index contributed by atoms with van der Waals surface area (Å²) >= 11 is 0. The van der Waals surface area contributed by atoms with Crippen LogP contribution in [0, 0.1) is 0 Å². The molecule has 0 heterocycles. The SMILES string of the molecule is CC(=O)O.NCC(=O)N[C@@H](Cc1ccccc1)C(=O)Nc1ccc2ccccc2c1. The Bertz CT molecular complexity index is 1000. The smallest absolute Gasteiger partial charge is 0.300 e. The Kier molecular flexibility index (Phi) is 8.53. The summed E-state index contributed by atoms with van der Waals surface area (Å²) in [5.74, 6) is -1.47. The van der Waals surface area contributed by atoms with Gasteiger partial charge in [0.05, 0.1) is 6.54 Å². The van der Waals surface area contributed by atoms with Crippen LogP contribution < -0.4 is 16.4 Å². The molecule has 0 unspecified atom stereocenters. The van der Waals surface area contributed by atoms with E-state index in [9.17, 15) is 9.59 Å². The molecule has 0 aliphatic rings. The number of carboxylic acids is 1. The fraction of sp³-hybridized carbons (Fsp3) is 0.174. The minimum Gasteiger partial charge on any atom is -0.481 e. The Hall–Kier alpha value is -3.71. The van der Waals surface area contributed by atoms with E-state index in [-0.39, 0.29) is 18.4 Å². The lowest BCUT2D eigenvalue weighted by atomic mass is 10.0. The van der Waals surface area contributed by atoms with Crippen LogP contribution in [-0.2, 0) is 20.8 Å². The molecule has 0 saturated heterocycles. The van der Waals surface area contributed by atoms with Gasteiger partial charge in [0.25, 0.3) is 5.97 Å². The first-order valence-corrected chi connectivity index (χ1v) is 9.41. The lowest BCUT2D eigenvalue weighted by Gasteiger charge is -2.18. The molecule has 30 heavy (non-hydrogen) atoms. The molecule has 7 nitrogen and oxygen atoms in total. The van der Waals surface area contributed by atoms with E-state index in [1.54, 1.807) is 0 Å². The van der Waals surface area contributed by atoms with Gasteiger partial charge in [0.15, 0.2) is 0 Å². The highest BCUT2D eigenvalue weighted by atomic mass is 16.4. The molecule has 0 spiro atoms. The lowest BCUT2D eigenvalue weighted by molar-refractivity contribution is -0.134. The maximum absolute atomic E-state index is 12.7. The van der Waals surface area contributed by atoms with E-state index in [0.29, 0.717) is 12.1 Å². The summed E-state index contributed by atoms with van der Waals surface area (Å²) in [6.07, 6.45) is 0.395. The lowest BCUT2D eigenvalue weighted by Crippen LogP contribution is -2.47. The molecule has 2 amide bonds. The zero-order valence-corrected chi connectivity index (χ0v) is 16.7. The summed E-state index contributed by atoms with van der Waals surface area (Å²) in [7, 11) is 0. The molecule has 0 aliphatic carbocycles. The average molecular weight is 407 g/mol. The highest BCUT2D eigenvalue weighted by Gasteiger charge is 2.21. The van der Waals surface area contributed by atoms with Crippen molar-refractivity contribution in [3.8, 4) is 0 Å². The van der Waals surface area contributed by atoms with Gasteiger partial charge in [-0.05, 0) is 28.5 Å². The molecule has 0 radical (unpaired) electrons. The number of hydrogen-bond donors (Lipinski definition) is 4. The third-order valence-electron chi connectivity index (χ3n) is 4.14. The van der Waals surface area contributed by atoms with Gasteiger partial charge in [-0.1, -0.05) is 60.7 Å². The summed E-state index contributed by atoms with van der Waals surface area (Å²) in [5.41, 5.74) is 7.04. The van der Waals surface area contributed by atoms with Gasteiger partial charge in [-0.25, -0.2) is 0 Å². The summed E-state index contributed by atoms with van der Waals surface area (Å²) < 4.78 is 0. The number of carbonyl (C=O) groups is 3. The first kappa shape index (κ1) is 22.6. The third-order valence-corrected chi connectivity index (χ3v) is 4.14. The van der Waals surface area contributed by atoms with Crippen LogP contribution in [0.4, 0.5) is 5.69 Å².